The van der Waals surface area contributed by atoms with Gasteiger partial charge in [-0.15, -0.1) is 5.10 Å². The molecule has 2 aromatic heterocycles. The summed E-state index contributed by atoms with van der Waals surface area (Å²) in [5, 5.41) is 21.2. The van der Waals surface area contributed by atoms with Crippen molar-refractivity contribution in [2.24, 2.45) is 0 Å². The third kappa shape index (κ3) is 3.94. The van der Waals surface area contributed by atoms with Crippen molar-refractivity contribution in [1.82, 2.24) is 20.5 Å². The highest BCUT2D eigenvalue weighted by Crippen LogP contribution is 2.24. The van der Waals surface area contributed by atoms with Gasteiger partial charge in [0.25, 0.3) is 11.5 Å². The van der Waals surface area contributed by atoms with Crippen LogP contribution in [0.5, 0.6) is 5.88 Å². The number of hydrogen-bond donors (Lipinski definition) is 3. The van der Waals surface area contributed by atoms with Gasteiger partial charge >= 0.3 is 0 Å². The molecule has 4 rings (SSSR count). The van der Waals surface area contributed by atoms with Crippen LogP contribution in [0.25, 0.3) is 0 Å². The van der Waals surface area contributed by atoms with E-state index in [4.69, 9.17) is 0 Å². The predicted molar refractivity (Wildman–Crippen MR) is 100 cm³/mol. The zero-order chi connectivity index (χ0) is 18.8. The van der Waals surface area contributed by atoms with Crippen LogP contribution in [0, 0.1) is 0 Å². The lowest BCUT2D eigenvalue weighted by Gasteiger charge is -2.33. The lowest BCUT2D eigenvalue weighted by Crippen LogP contribution is -2.45. The Morgan fingerprint density at radius 1 is 1.15 bits per heavy atom. The number of nitrogens with one attached hydrogen (secondary N) is 2. The van der Waals surface area contributed by atoms with Crippen molar-refractivity contribution < 1.29 is 9.90 Å². The van der Waals surface area contributed by atoms with Gasteiger partial charge in [0.1, 0.15) is 0 Å². The molecule has 3 heterocycles. The summed E-state index contributed by atoms with van der Waals surface area (Å²) in [5.41, 5.74) is 2.12. The van der Waals surface area contributed by atoms with Crippen LogP contribution in [0.3, 0.4) is 0 Å². The fraction of sp³-hybridized carbons (Fsp3) is 0.474. The molecule has 2 aliphatic rings. The maximum atomic E-state index is 12.3. The number of hydrogen-bond acceptors (Lipinski definition) is 6. The van der Waals surface area contributed by atoms with Crippen LogP contribution in [-0.4, -0.2) is 45.3 Å². The third-order valence-electron chi connectivity index (χ3n) is 5.30. The van der Waals surface area contributed by atoms with E-state index in [1.165, 1.54) is 30.5 Å². The summed E-state index contributed by atoms with van der Waals surface area (Å²) in [6, 6.07) is 4.64. The van der Waals surface area contributed by atoms with Crippen LogP contribution < -0.4 is 15.8 Å². The second kappa shape index (κ2) is 7.38. The molecule has 0 saturated carbocycles. The largest absolute Gasteiger partial charge is 0.494 e. The molecule has 142 valence electrons. The molecule has 2 aromatic rings. The molecule has 1 aliphatic carbocycles. The summed E-state index contributed by atoms with van der Waals surface area (Å²) in [5.74, 6) is 0.261. The van der Waals surface area contributed by atoms with Crippen LogP contribution >= 0.6 is 0 Å². The first kappa shape index (κ1) is 17.5. The zero-order valence-corrected chi connectivity index (χ0v) is 15.1. The number of rotatable bonds is 3. The Morgan fingerprint density at radius 2 is 1.93 bits per heavy atom. The van der Waals surface area contributed by atoms with E-state index in [0.29, 0.717) is 0 Å². The van der Waals surface area contributed by atoms with Crippen LogP contribution in [0.15, 0.2) is 23.0 Å². The number of aromatic amines is 1. The first-order valence-electron chi connectivity index (χ1n) is 9.43. The van der Waals surface area contributed by atoms with Crippen LogP contribution in [0.4, 0.5) is 5.82 Å². The van der Waals surface area contributed by atoms with E-state index >= 15 is 0 Å². The number of fused-ring (bicyclic) bond motifs is 1. The molecule has 1 fully saturated rings. The number of pyridine rings is 1. The third-order valence-corrected chi connectivity index (χ3v) is 5.30. The Balaban J connectivity index is 1.36. The maximum absolute atomic E-state index is 12.3. The minimum absolute atomic E-state index is 0.0285. The first-order chi connectivity index (χ1) is 13.1. The average molecular weight is 369 g/mol. The Kier molecular flexibility index (Phi) is 4.79. The molecule has 0 bridgehead atoms. The molecule has 0 spiro atoms. The Bertz CT molecular complexity index is 902. The Morgan fingerprint density at radius 3 is 2.70 bits per heavy atom. The second-order valence-corrected chi connectivity index (χ2v) is 7.23. The van der Waals surface area contributed by atoms with Gasteiger partial charge in [0.2, 0.25) is 0 Å². The highest BCUT2D eigenvalue weighted by Gasteiger charge is 2.23. The van der Waals surface area contributed by atoms with E-state index in [0.717, 1.165) is 50.3 Å². The number of aromatic nitrogens is 3. The van der Waals surface area contributed by atoms with E-state index in [1.807, 2.05) is 0 Å². The first-order valence-corrected chi connectivity index (χ1v) is 9.43. The quantitative estimate of drug-likeness (QED) is 0.748. The summed E-state index contributed by atoms with van der Waals surface area (Å²) in [6.07, 6.45) is 6.09. The molecular weight excluding hydrogens is 346 g/mol. The zero-order valence-electron chi connectivity index (χ0n) is 15.1. The molecule has 27 heavy (non-hydrogen) atoms. The molecule has 8 nitrogen and oxygen atoms in total. The van der Waals surface area contributed by atoms with E-state index in [9.17, 15) is 14.7 Å². The highest BCUT2D eigenvalue weighted by molar-refractivity contribution is 5.94. The fourth-order valence-corrected chi connectivity index (χ4v) is 3.81. The highest BCUT2D eigenvalue weighted by atomic mass is 16.3. The number of anilines is 1. The minimum Gasteiger partial charge on any atom is -0.494 e. The molecule has 1 saturated heterocycles. The Labute approximate surface area is 156 Å². The number of carbonyl (C=O) groups excluding carboxylic acids is 1. The van der Waals surface area contributed by atoms with Crippen molar-refractivity contribution in [3.63, 3.8) is 0 Å². The number of carbonyl (C=O) groups is 1. The summed E-state index contributed by atoms with van der Waals surface area (Å²) < 4.78 is 0. The van der Waals surface area contributed by atoms with Crippen LogP contribution in [-0.2, 0) is 12.8 Å². The van der Waals surface area contributed by atoms with Crippen LogP contribution in [0.1, 0.15) is 47.3 Å². The topological polar surface area (TPSA) is 111 Å². The Hall–Kier alpha value is -2.90. The smallest absolute Gasteiger partial charge is 0.251 e. The molecule has 0 unspecified atom stereocenters. The summed E-state index contributed by atoms with van der Waals surface area (Å²) >= 11 is 0. The van der Waals surface area contributed by atoms with Gasteiger partial charge in [-0.25, -0.2) is 0 Å². The van der Waals surface area contributed by atoms with Crippen molar-refractivity contribution in [2.45, 2.75) is 44.6 Å². The van der Waals surface area contributed by atoms with E-state index < -0.39 is 5.56 Å². The van der Waals surface area contributed by atoms with Crippen molar-refractivity contribution in [3.8, 4) is 5.88 Å². The molecule has 3 N–H and O–H groups in total. The standard InChI is InChI=1S/C19H23N5O3/c25-17-10-13(11-18(26)21-17)19(27)20-14-5-7-24(8-6-14)16-9-12-3-1-2-4-15(12)22-23-16/h9-11,14H,1-8H2,(H,20,27)(H2,21,25,26). The SMILES string of the molecule is O=C(NC1CCN(c2cc3c(nn2)CCCC3)CC1)c1cc(O)[nH]c(=O)c1. The normalized spacial score (nSPS) is 17.4. The second-order valence-electron chi connectivity index (χ2n) is 7.23. The lowest BCUT2D eigenvalue weighted by molar-refractivity contribution is 0.0930. The van der Waals surface area contributed by atoms with Crippen LogP contribution in [0.2, 0.25) is 0 Å². The van der Waals surface area contributed by atoms with Gasteiger partial charge in [-0.2, -0.15) is 5.10 Å². The number of amides is 1. The van der Waals surface area contributed by atoms with E-state index in [-0.39, 0.29) is 23.4 Å². The van der Waals surface area contributed by atoms with Gasteiger partial charge in [0, 0.05) is 31.3 Å². The van der Waals surface area contributed by atoms with Gasteiger partial charge in [-0.3, -0.25) is 14.6 Å². The van der Waals surface area contributed by atoms with Crippen molar-refractivity contribution in [2.75, 3.05) is 18.0 Å². The van der Waals surface area contributed by atoms with E-state index in [2.05, 4.69) is 31.5 Å². The molecule has 0 aromatic carbocycles. The van der Waals surface area contributed by atoms with E-state index in [1.54, 1.807) is 0 Å². The van der Waals surface area contributed by atoms with Gasteiger partial charge < -0.3 is 15.3 Å². The predicted octanol–water partition coefficient (Wildman–Crippen LogP) is 1.15. The van der Waals surface area contributed by atoms with Crippen molar-refractivity contribution in [1.29, 1.82) is 0 Å². The van der Waals surface area contributed by atoms with Gasteiger partial charge in [0.15, 0.2) is 11.7 Å². The fourth-order valence-electron chi connectivity index (χ4n) is 3.81. The minimum atomic E-state index is -0.499. The molecular formula is C19H23N5O3. The lowest BCUT2D eigenvalue weighted by atomic mass is 9.96. The molecule has 1 aliphatic heterocycles. The van der Waals surface area contributed by atoms with Gasteiger partial charge in [-0.1, -0.05) is 0 Å². The molecule has 1 amide bonds. The summed E-state index contributed by atoms with van der Waals surface area (Å²) in [7, 11) is 0. The monoisotopic (exact) mass is 369 g/mol. The summed E-state index contributed by atoms with van der Waals surface area (Å²) in [4.78, 5) is 28.1. The molecule has 0 radical (unpaired) electrons. The average Bonchev–Trinajstić information content (AvgIpc) is 2.67. The van der Waals surface area contributed by atoms with Gasteiger partial charge in [0.05, 0.1) is 11.3 Å². The number of H-pyrrole nitrogens is 1. The maximum Gasteiger partial charge on any atom is 0.251 e. The van der Waals surface area contributed by atoms with Crippen molar-refractivity contribution >= 4 is 11.7 Å². The van der Waals surface area contributed by atoms with Gasteiger partial charge in [-0.05, 0) is 50.2 Å². The van der Waals surface area contributed by atoms with Crippen molar-refractivity contribution in [3.05, 3.63) is 45.4 Å². The number of nitrogens with zero attached hydrogens (tertiary/aromatic N) is 3. The number of aryl methyl sites for hydroxylation is 2. The molecule has 8 heteroatoms. The number of piperidine rings is 1. The molecule has 0 atom stereocenters. The summed E-state index contributed by atoms with van der Waals surface area (Å²) in [6.45, 7) is 1.58. The number of aromatic hydroxyl groups is 1.